The average Bonchev–Trinajstić information content (AvgIpc) is 2.53. The molecule has 0 unspecified atom stereocenters. The van der Waals surface area contributed by atoms with Crippen molar-refractivity contribution >= 4 is 10.1 Å². The van der Waals surface area contributed by atoms with Gasteiger partial charge in [-0.05, 0) is 6.42 Å². The van der Waals surface area contributed by atoms with Gasteiger partial charge in [0.15, 0.2) is 0 Å². The summed E-state index contributed by atoms with van der Waals surface area (Å²) in [4.78, 5) is 0. The third-order valence-electron chi connectivity index (χ3n) is 4.13. The number of unbranched alkanes of at least 4 members (excludes halogenated alkanes) is 13. The molecule has 0 rings (SSSR count). The van der Waals surface area contributed by atoms with Crippen LogP contribution in [0, 0.1) is 0 Å². The van der Waals surface area contributed by atoms with Crippen molar-refractivity contribution in [2.24, 2.45) is 5.73 Å². The standard InChI is InChI=1S/C18H39NO3S/c1-2-3-4-5-6-7-8-9-10-11-12-13-14-15-18-23(20,21)22-17-16-19/h2-19H2,1H3. The lowest BCUT2D eigenvalue weighted by Gasteiger charge is -2.05. The SMILES string of the molecule is CCCCCCCCCCCCCCCCS(=O)(=O)OCCN. The molecule has 2 N–H and O–H groups in total. The van der Waals surface area contributed by atoms with Crippen molar-refractivity contribution in [1.82, 2.24) is 0 Å². The summed E-state index contributed by atoms with van der Waals surface area (Å²) in [6.07, 6.45) is 17.7. The highest BCUT2D eigenvalue weighted by molar-refractivity contribution is 7.86. The molecule has 0 aliphatic carbocycles. The van der Waals surface area contributed by atoms with E-state index in [4.69, 9.17) is 9.92 Å². The van der Waals surface area contributed by atoms with Gasteiger partial charge in [-0.15, -0.1) is 0 Å². The van der Waals surface area contributed by atoms with E-state index in [0.29, 0.717) is 6.42 Å². The van der Waals surface area contributed by atoms with E-state index in [2.05, 4.69) is 6.92 Å². The molecule has 0 amide bonds. The van der Waals surface area contributed by atoms with Crippen LogP contribution < -0.4 is 5.73 Å². The largest absolute Gasteiger partial charge is 0.328 e. The zero-order chi connectivity index (χ0) is 17.2. The van der Waals surface area contributed by atoms with E-state index in [1.165, 1.54) is 70.6 Å². The Balaban J connectivity index is 3.19. The van der Waals surface area contributed by atoms with Gasteiger partial charge in [-0.1, -0.05) is 90.4 Å². The molecule has 23 heavy (non-hydrogen) atoms. The molecule has 0 radical (unpaired) electrons. The first kappa shape index (κ1) is 22.9. The summed E-state index contributed by atoms with van der Waals surface area (Å²) in [5.41, 5.74) is 5.23. The van der Waals surface area contributed by atoms with E-state index in [-0.39, 0.29) is 18.9 Å². The zero-order valence-electron chi connectivity index (χ0n) is 15.2. The van der Waals surface area contributed by atoms with Crippen molar-refractivity contribution in [2.75, 3.05) is 18.9 Å². The van der Waals surface area contributed by atoms with Crippen LogP contribution in [0.4, 0.5) is 0 Å². The molecule has 4 nitrogen and oxygen atoms in total. The molecular weight excluding hydrogens is 310 g/mol. The van der Waals surface area contributed by atoms with Gasteiger partial charge in [0.25, 0.3) is 10.1 Å². The summed E-state index contributed by atoms with van der Waals surface area (Å²) in [5.74, 6) is 0.130. The fourth-order valence-corrected chi connectivity index (χ4v) is 3.73. The van der Waals surface area contributed by atoms with Gasteiger partial charge in [0.05, 0.1) is 12.4 Å². The van der Waals surface area contributed by atoms with Gasteiger partial charge in [-0.3, -0.25) is 4.18 Å². The van der Waals surface area contributed by atoms with Crippen LogP contribution in [0.5, 0.6) is 0 Å². The first-order valence-corrected chi connectivity index (χ1v) is 11.3. The fraction of sp³-hybridized carbons (Fsp3) is 1.00. The molecule has 0 aromatic carbocycles. The lowest BCUT2D eigenvalue weighted by molar-refractivity contribution is 0.326. The molecule has 0 aliphatic rings. The van der Waals surface area contributed by atoms with Crippen molar-refractivity contribution in [3.63, 3.8) is 0 Å². The molecule has 0 atom stereocenters. The van der Waals surface area contributed by atoms with Gasteiger partial charge in [-0.25, -0.2) is 0 Å². The smallest absolute Gasteiger partial charge is 0.267 e. The minimum atomic E-state index is -3.34. The Bertz CT molecular complexity index is 331. The van der Waals surface area contributed by atoms with E-state index in [1.807, 2.05) is 0 Å². The molecule has 0 aromatic heterocycles. The summed E-state index contributed by atoms with van der Waals surface area (Å²) in [6, 6.07) is 0. The summed E-state index contributed by atoms with van der Waals surface area (Å²) < 4.78 is 27.6. The van der Waals surface area contributed by atoms with Crippen LogP contribution in [0.1, 0.15) is 96.8 Å². The van der Waals surface area contributed by atoms with E-state index < -0.39 is 10.1 Å². The number of hydrogen-bond acceptors (Lipinski definition) is 4. The molecule has 0 bridgehead atoms. The third-order valence-corrected chi connectivity index (χ3v) is 5.44. The molecule has 0 saturated carbocycles. The molecular formula is C18H39NO3S. The average molecular weight is 350 g/mol. The van der Waals surface area contributed by atoms with Gasteiger partial charge in [-0.2, -0.15) is 8.42 Å². The Morgan fingerprint density at radius 3 is 1.48 bits per heavy atom. The maximum atomic E-state index is 11.4. The minimum Gasteiger partial charge on any atom is -0.328 e. The second-order valence-electron chi connectivity index (χ2n) is 6.47. The summed E-state index contributed by atoms with van der Waals surface area (Å²) >= 11 is 0. The third kappa shape index (κ3) is 18.1. The predicted octanol–water partition coefficient (Wildman–Crippen LogP) is 4.77. The van der Waals surface area contributed by atoms with Gasteiger partial charge >= 0.3 is 0 Å². The van der Waals surface area contributed by atoms with Crippen molar-refractivity contribution in [2.45, 2.75) is 96.8 Å². The van der Waals surface area contributed by atoms with Gasteiger partial charge in [0, 0.05) is 6.54 Å². The maximum absolute atomic E-state index is 11.4. The van der Waals surface area contributed by atoms with Crippen LogP contribution in [0.3, 0.4) is 0 Å². The van der Waals surface area contributed by atoms with E-state index in [9.17, 15) is 8.42 Å². The highest BCUT2D eigenvalue weighted by Crippen LogP contribution is 2.13. The van der Waals surface area contributed by atoms with Crippen LogP contribution in [-0.2, 0) is 14.3 Å². The Morgan fingerprint density at radius 2 is 1.09 bits per heavy atom. The van der Waals surface area contributed by atoms with Gasteiger partial charge in [0.2, 0.25) is 0 Å². The van der Waals surface area contributed by atoms with Crippen molar-refractivity contribution in [3.8, 4) is 0 Å². The zero-order valence-corrected chi connectivity index (χ0v) is 16.0. The normalized spacial score (nSPS) is 11.9. The van der Waals surface area contributed by atoms with Crippen molar-refractivity contribution < 1.29 is 12.6 Å². The van der Waals surface area contributed by atoms with E-state index >= 15 is 0 Å². The molecule has 0 aromatic rings. The van der Waals surface area contributed by atoms with Crippen LogP contribution in [0.2, 0.25) is 0 Å². The lowest BCUT2D eigenvalue weighted by Crippen LogP contribution is -2.16. The van der Waals surface area contributed by atoms with Crippen molar-refractivity contribution in [3.05, 3.63) is 0 Å². The maximum Gasteiger partial charge on any atom is 0.267 e. The van der Waals surface area contributed by atoms with Gasteiger partial charge < -0.3 is 5.73 Å². The number of rotatable bonds is 18. The topological polar surface area (TPSA) is 69.4 Å². The Hall–Kier alpha value is -0.130. The fourth-order valence-electron chi connectivity index (χ4n) is 2.71. The van der Waals surface area contributed by atoms with Crippen molar-refractivity contribution in [1.29, 1.82) is 0 Å². The van der Waals surface area contributed by atoms with Crippen LogP contribution in [0.15, 0.2) is 0 Å². The minimum absolute atomic E-state index is 0.0982. The predicted molar refractivity (Wildman–Crippen MR) is 99.1 cm³/mol. The Labute approximate surface area is 144 Å². The molecule has 0 spiro atoms. The quantitative estimate of drug-likeness (QED) is 0.286. The van der Waals surface area contributed by atoms with E-state index in [0.717, 1.165) is 12.8 Å². The first-order chi connectivity index (χ1) is 11.1. The van der Waals surface area contributed by atoms with E-state index in [1.54, 1.807) is 0 Å². The van der Waals surface area contributed by atoms with Crippen LogP contribution in [0.25, 0.3) is 0 Å². The Morgan fingerprint density at radius 1 is 0.696 bits per heavy atom. The monoisotopic (exact) mass is 349 g/mol. The van der Waals surface area contributed by atoms with Crippen LogP contribution >= 0.6 is 0 Å². The molecule has 0 heterocycles. The molecule has 0 aliphatic heterocycles. The molecule has 5 heteroatoms. The lowest BCUT2D eigenvalue weighted by atomic mass is 10.0. The summed E-state index contributed by atoms with van der Waals surface area (Å²) in [6.45, 7) is 2.60. The molecule has 0 fully saturated rings. The number of nitrogens with two attached hydrogens (primary N) is 1. The van der Waals surface area contributed by atoms with Gasteiger partial charge in [0.1, 0.15) is 0 Å². The second kappa shape index (κ2) is 16.7. The highest BCUT2D eigenvalue weighted by Gasteiger charge is 2.09. The summed E-state index contributed by atoms with van der Waals surface area (Å²) in [5, 5.41) is 0. The summed E-state index contributed by atoms with van der Waals surface area (Å²) in [7, 11) is -3.34. The van der Waals surface area contributed by atoms with Crippen LogP contribution in [-0.4, -0.2) is 27.3 Å². The first-order valence-electron chi connectivity index (χ1n) is 9.69. The molecule has 0 saturated heterocycles. The second-order valence-corrected chi connectivity index (χ2v) is 8.23. The number of hydrogen-bond donors (Lipinski definition) is 1. The Kier molecular flexibility index (Phi) is 16.6. The highest BCUT2D eigenvalue weighted by atomic mass is 32.2. The molecule has 140 valence electrons.